The lowest BCUT2D eigenvalue weighted by molar-refractivity contribution is 0.356. The molecule has 0 aliphatic carbocycles. The van der Waals surface area contributed by atoms with Crippen molar-refractivity contribution in [1.82, 2.24) is 4.90 Å². The smallest absolute Gasteiger partial charge is 0.196 e. The van der Waals surface area contributed by atoms with Gasteiger partial charge in [0.05, 0.1) is 5.69 Å². The Balaban J connectivity index is 2.72. The number of aliphatic imine (C=N–C) groups is 1. The van der Waals surface area contributed by atoms with Gasteiger partial charge in [-0.15, -0.1) is 0 Å². The van der Waals surface area contributed by atoms with Crippen LogP contribution in [0, 0.1) is 5.92 Å². The lowest BCUT2D eigenvalue weighted by atomic mass is 10.1. The topological polar surface area (TPSA) is 41.6 Å². The molecule has 0 fully saturated rings. The van der Waals surface area contributed by atoms with Crippen molar-refractivity contribution in [3.05, 3.63) is 30.3 Å². The first-order valence-corrected chi connectivity index (χ1v) is 6.31. The molecule has 0 heterocycles. The molecule has 3 heteroatoms. The number of rotatable bonds is 5. The van der Waals surface area contributed by atoms with E-state index in [0.717, 1.165) is 25.2 Å². The summed E-state index contributed by atoms with van der Waals surface area (Å²) < 4.78 is 0. The van der Waals surface area contributed by atoms with Gasteiger partial charge in [0, 0.05) is 13.1 Å². The van der Waals surface area contributed by atoms with Crippen molar-refractivity contribution >= 4 is 11.6 Å². The zero-order valence-corrected chi connectivity index (χ0v) is 11.1. The summed E-state index contributed by atoms with van der Waals surface area (Å²) in [5.74, 6) is 1.25. The van der Waals surface area contributed by atoms with E-state index < -0.39 is 0 Å². The van der Waals surface area contributed by atoms with E-state index in [-0.39, 0.29) is 0 Å². The third-order valence-corrected chi connectivity index (χ3v) is 2.93. The monoisotopic (exact) mass is 233 g/mol. The van der Waals surface area contributed by atoms with Gasteiger partial charge in [-0.25, -0.2) is 4.99 Å². The zero-order chi connectivity index (χ0) is 12.7. The predicted octanol–water partition coefficient (Wildman–Crippen LogP) is 3.00. The van der Waals surface area contributed by atoms with Gasteiger partial charge < -0.3 is 10.6 Å². The van der Waals surface area contributed by atoms with Crippen molar-refractivity contribution < 1.29 is 0 Å². The van der Waals surface area contributed by atoms with Gasteiger partial charge in [0.25, 0.3) is 0 Å². The highest BCUT2D eigenvalue weighted by Gasteiger charge is 2.09. The van der Waals surface area contributed by atoms with Crippen LogP contribution in [0.2, 0.25) is 0 Å². The SMILES string of the molecule is CCC(C)CN(CC)C(N)=Nc1ccccc1. The number of para-hydroxylation sites is 1. The zero-order valence-electron chi connectivity index (χ0n) is 11.1. The van der Waals surface area contributed by atoms with Gasteiger partial charge in [0.15, 0.2) is 5.96 Å². The summed E-state index contributed by atoms with van der Waals surface area (Å²) in [6.45, 7) is 8.40. The van der Waals surface area contributed by atoms with Crippen LogP contribution in [0.3, 0.4) is 0 Å². The number of nitrogens with two attached hydrogens (primary N) is 1. The first kappa shape index (κ1) is 13.6. The molecule has 0 aliphatic heterocycles. The van der Waals surface area contributed by atoms with Gasteiger partial charge in [-0.2, -0.15) is 0 Å². The quantitative estimate of drug-likeness (QED) is 0.627. The third kappa shape index (κ3) is 4.47. The van der Waals surface area contributed by atoms with Crippen LogP contribution < -0.4 is 5.73 Å². The predicted molar refractivity (Wildman–Crippen MR) is 74.4 cm³/mol. The maximum atomic E-state index is 6.04. The fraction of sp³-hybridized carbons (Fsp3) is 0.500. The number of hydrogen-bond donors (Lipinski definition) is 1. The molecule has 2 N–H and O–H groups in total. The number of nitrogens with zero attached hydrogens (tertiary/aromatic N) is 2. The Morgan fingerprint density at radius 3 is 2.47 bits per heavy atom. The molecule has 1 rings (SSSR count). The number of guanidine groups is 1. The Bertz CT molecular complexity index is 346. The first-order chi connectivity index (χ1) is 8.17. The van der Waals surface area contributed by atoms with Crippen molar-refractivity contribution in [2.45, 2.75) is 27.2 Å². The van der Waals surface area contributed by atoms with Crippen molar-refractivity contribution in [2.75, 3.05) is 13.1 Å². The summed E-state index contributed by atoms with van der Waals surface area (Å²) in [6.07, 6.45) is 1.16. The van der Waals surface area contributed by atoms with Crippen LogP contribution >= 0.6 is 0 Å². The standard InChI is InChI=1S/C14H23N3/c1-4-12(3)11-17(5-2)14(15)16-13-9-7-6-8-10-13/h6-10,12H,4-5,11H2,1-3H3,(H2,15,16). The molecular weight excluding hydrogens is 210 g/mol. The van der Waals surface area contributed by atoms with E-state index >= 15 is 0 Å². The molecule has 0 amide bonds. The fourth-order valence-corrected chi connectivity index (χ4v) is 1.60. The highest BCUT2D eigenvalue weighted by molar-refractivity contribution is 5.81. The molecule has 94 valence electrons. The summed E-state index contributed by atoms with van der Waals surface area (Å²) in [7, 11) is 0. The molecular formula is C14H23N3. The Kier molecular flexibility index (Phi) is 5.53. The fourth-order valence-electron chi connectivity index (χ4n) is 1.60. The van der Waals surface area contributed by atoms with Crippen LogP contribution in [0.4, 0.5) is 5.69 Å². The normalized spacial score (nSPS) is 13.5. The molecule has 0 saturated heterocycles. The lowest BCUT2D eigenvalue weighted by Crippen LogP contribution is -2.39. The van der Waals surface area contributed by atoms with Gasteiger partial charge in [-0.05, 0) is 25.0 Å². The summed E-state index contributed by atoms with van der Waals surface area (Å²) in [5, 5.41) is 0. The molecule has 0 radical (unpaired) electrons. The van der Waals surface area contributed by atoms with Gasteiger partial charge in [-0.3, -0.25) is 0 Å². The third-order valence-electron chi connectivity index (χ3n) is 2.93. The van der Waals surface area contributed by atoms with E-state index in [0.29, 0.717) is 11.9 Å². The van der Waals surface area contributed by atoms with Crippen LogP contribution in [0.15, 0.2) is 35.3 Å². The maximum absolute atomic E-state index is 6.04. The van der Waals surface area contributed by atoms with Gasteiger partial charge in [-0.1, -0.05) is 38.5 Å². The van der Waals surface area contributed by atoms with Gasteiger partial charge >= 0.3 is 0 Å². The minimum absolute atomic E-state index is 0.610. The maximum Gasteiger partial charge on any atom is 0.196 e. The van der Waals surface area contributed by atoms with E-state index in [2.05, 4.69) is 30.7 Å². The van der Waals surface area contributed by atoms with E-state index in [1.165, 1.54) is 0 Å². The highest BCUT2D eigenvalue weighted by Crippen LogP contribution is 2.11. The first-order valence-electron chi connectivity index (χ1n) is 6.31. The van der Waals surface area contributed by atoms with Crippen molar-refractivity contribution in [3.8, 4) is 0 Å². The average molecular weight is 233 g/mol. The summed E-state index contributed by atoms with van der Waals surface area (Å²) in [6, 6.07) is 9.84. The molecule has 0 bridgehead atoms. The average Bonchev–Trinajstić information content (AvgIpc) is 2.36. The van der Waals surface area contributed by atoms with E-state index in [9.17, 15) is 0 Å². The van der Waals surface area contributed by atoms with E-state index in [1.54, 1.807) is 0 Å². The second-order valence-electron chi connectivity index (χ2n) is 4.36. The van der Waals surface area contributed by atoms with Crippen LogP contribution in [0.25, 0.3) is 0 Å². The van der Waals surface area contributed by atoms with Crippen LogP contribution in [-0.4, -0.2) is 23.9 Å². The van der Waals surface area contributed by atoms with Crippen LogP contribution in [0.1, 0.15) is 27.2 Å². The molecule has 17 heavy (non-hydrogen) atoms. The molecule has 1 unspecified atom stereocenters. The lowest BCUT2D eigenvalue weighted by Gasteiger charge is -2.24. The number of hydrogen-bond acceptors (Lipinski definition) is 1. The minimum Gasteiger partial charge on any atom is -0.369 e. The molecule has 1 aromatic carbocycles. The summed E-state index contributed by atoms with van der Waals surface area (Å²) >= 11 is 0. The minimum atomic E-state index is 0.610. The van der Waals surface area contributed by atoms with E-state index in [4.69, 9.17) is 5.73 Å². The van der Waals surface area contributed by atoms with Crippen LogP contribution in [0.5, 0.6) is 0 Å². The van der Waals surface area contributed by atoms with Crippen molar-refractivity contribution in [1.29, 1.82) is 0 Å². The van der Waals surface area contributed by atoms with E-state index in [1.807, 2.05) is 30.3 Å². The Labute approximate surface area is 104 Å². The number of benzene rings is 1. The second-order valence-corrected chi connectivity index (χ2v) is 4.36. The van der Waals surface area contributed by atoms with Gasteiger partial charge in [0.1, 0.15) is 0 Å². The van der Waals surface area contributed by atoms with Crippen molar-refractivity contribution in [2.24, 2.45) is 16.6 Å². The molecule has 0 spiro atoms. The molecule has 1 aromatic rings. The van der Waals surface area contributed by atoms with Gasteiger partial charge in [0.2, 0.25) is 0 Å². The highest BCUT2D eigenvalue weighted by atomic mass is 15.2. The van der Waals surface area contributed by atoms with Crippen LogP contribution in [-0.2, 0) is 0 Å². The summed E-state index contributed by atoms with van der Waals surface area (Å²) in [5.41, 5.74) is 6.95. The Morgan fingerprint density at radius 1 is 1.29 bits per heavy atom. The molecule has 0 aliphatic rings. The largest absolute Gasteiger partial charge is 0.369 e. The Morgan fingerprint density at radius 2 is 1.94 bits per heavy atom. The summed E-state index contributed by atoms with van der Waals surface area (Å²) in [4.78, 5) is 6.56. The molecule has 0 saturated carbocycles. The van der Waals surface area contributed by atoms with Crippen molar-refractivity contribution in [3.63, 3.8) is 0 Å². The second kappa shape index (κ2) is 6.94. The molecule has 1 atom stereocenters. The Hall–Kier alpha value is -1.51. The molecule has 3 nitrogen and oxygen atoms in total. The molecule has 0 aromatic heterocycles.